The lowest BCUT2D eigenvalue weighted by Gasteiger charge is -2.19. The quantitative estimate of drug-likeness (QED) is 0.704. The number of carbonyl (C=O) groups excluding carboxylic acids is 1. The van der Waals surface area contributed by atoms with E-state index in [1.165, 1.54) is 12.3 Å². The third kappa shape index (κ3) is 4.03. The third-order valence-corrected chi connectivity index (χ3v) is 4.23. The number of hydrogen-bond donors (Lipinski definition) is 2. The van der Waals surface area contributed by atoms with Gasteiger partial charge in [-0.15, -0.1) is 0 Å². The minimum atomic E-state index is -0.355. The Morgan fingerprint density at radius 2 is 1.82 bits per heavy atom. The summed E-state index contributed by atoms with van der Waals surface area (Å²) in [6, 6.07) is 15.1. The Balaban J connectivity index is 1.43. The van der Waals surface area contributed by atoms with Gasteiger partial charge in [0.25, 0.3) is 5.91 Å². The van der Waals surface area contributed by atoms with Crippen molar-refractivity contribution in [3.05, 3.63) is 77.9 Å². The van der Waals surface area contributed by atoms with E-state index in [4.69, 9.17) is 9.47 Å². The van der Waals surface area contributed by atoms with E-state index in [9.17, 15) is 9.18 Å². The number of pyridine rings is 1. The molecule has 1 amide bonds. The fraction of sp³-hybridized carbons (Fsp3) is 0.143. The molecule has 4 rings (SSSR count). The number of nitrogens with one attached hydrogen (secondary N) is 2. The molecule has 1 aromatic heterocycles. The van der Waals surface area contributed by atoms with Crippen LogP contribution in [0.1, 0.15) is 16.1 Å². The normalized spacial score (nSPS) is 12.3. The highest BCUT2D eigenvalue weighted by atomic mass is 19.1. The van der Waals surface area contributed by atoms with Gasteiger partial charge in [0.15, 0.2) is 11.5 Å². The van der Waals surface area contributed by atoms with E-state index in [-0.39, 0.29) is 17.4 Å². The van der Waals surface area contributed by atoms with Gasteiger partial charge in [-0.3, -0.25) is 9.78 Å². The Morgan fingerprint density at radius 1 is 1.00 bits per heavy atom. The molecule has 28 heavy (non-hydrogen) atoms. The lowest BCUT2D eigenvalue weighted by Crippen LogP contribution is -2.17. The van der Waals surface area contributed by atoms with Gasteiger partial charge in [0.05, 0.1) is 0 Å². The Bertz CT molecular complexity index is 1010. The number of fused-ring (bicyclic) bond motifs is 1. The highest BCUT2D eigenvalue weighted by Crippen LogP contribution is 2.32. The molecule has 2 aromatic carbocycles. The maximum Gasteiger partial charge on any atom is 0.274 e. The molecule has 1 aliphatic rings. The van der Waals surface area contributed by atoms with E-state index in [1.807, 2.05) is 0 Å². The summed E-state index contributed by atoms with van der Waals surface area (Å²) in [5.74, 6) is 0.617. The van der Waals surface area contributed by atoms with Crippen LogP contribution >= 0.6 is 0 Å². The van der Waals surface area contributed by atoms with Gasteiger partial charge >= 0.3 is 0 Å². The average molecular weight is 379 g/mol. The summed E-state index contributed by atoms with van der Waals surface area (Å²) in [5, 5.41) is 5.90. The molecule has 0 saturated heterocycles. The molecule has 2 N–H and O–H groups in total. The van der Waals surface area contributed by atoms with Crippen molar-refractivity contribution in [2.75, 3.05) is 23.8 Å². The molecular weight excluding hydrogens is 361 g/mol. The number of halogens is 1. The number of hydrogen-bond acceptors (Lipinski definition) is 5. The van der Waals surface area contributed by atoms with Crippen molar-refractivity contribution in [2.45, 2.75) is 6.54 Å². The van der Waals surface area contributed by atoms with Crippen molar-refractivity contribution < 1.29 is 18.7 Å². The van der Waals surface area contributed by atoms with Gasteiger partial charge < -0.3 is 20.1 Å². The van der Waals surface area contributed by atoms with Gasteiger partial charge in [-0.2, -0.15) is 0 Å². The molecule has 0 atom stereocenters. The maximum atomic E-state index is 13.7. The number of anilines is 2. The lowest BCUT2D eigenvalue weighted by atomic mass is 10.2. The summed E-state index contributed by atoms with van der Waals surface area (Å²) in [6.45, 7) is 1.29. The predicted octanol–water partition coefficient (Wildman–Crippen LogP) is 3.86. The van der Waals surface area contributed by atoms with Gasteiger partial charge in [0, 0.05) is 35.7 Å². The fourth-order valence-corrected chi connectivity index (χ4v) is 2.82. The van der Waals surface area contributed by atoms with Crippen molar-refractivity contribution in [3.8, 4) is 11.5 Å². The predicted molar refractivity (Wildman–Crippen MR) is 103 cm³/mol. The van der Waals surface area contributed by atoms with Crippen LogP contribution in [0.25, 0.3) is 0 Å². The second-order valence-electron chi connectivity index (χ2n) is 6.19. The fourth-order valence-electron chi connectivity index (χ4n) is 2.82. The van der Waals surface area contributed by atoms with Crippen molar-refractivity contribution in [1.29, 1.82) is 0 Å². The molecule has 7 heteroatoms. The summed E-state index contributed by atoms with van der Waals surface area (Å²) in [6.07, 6.45) is 1.53. The van der Waals surface area contributed by atoms with Crippen LogP contribution in [0.5, 0.6) is 11.5 Å². The minimum Gasteiger partial charge on any atom is -0.486 e. The smallest absolute Gasteiger partial charge is 0.274 e. The van der Waals surface area contributed by atoms with Crippen molar-refractivity contribution >= 4 is 17.3 Å². The molecule has 3 aromatic rings. The van der Waals surface area contributed by atoms with Gasteiger partial charge in [0.2, 0.25) is 0 Å². The van der Waals surface area contributed by atoms with Crippen LogP contribution < -0.4 is 20.1 Å². The number of carbonyl (C=O) groups is 1. The minimum absolute atomic E-state index is 0.244. The van der Waals surface area contributed by atoms with E-state index in [0.29, 0.717) is 48.2 Å². The molecule has 0 fully saturated rings. The summed E-state index contributed by atoms with van der Waals surface area (Å²) in [5.41, 5.74) is 2.04. The zero-order chi connectivity index (χ0) is 19.3. The van der Waals surface area contributed by atoms with Crippen LogP contribution in [0.2, 0.25) is 0 Å². The molecular formula is C21H18FN3O3. The Kier molecular flexibility index (Phi) is 5.05. The number of nitrogens with zero attached hydrogens (tertiary/aromatic N) is 1. The summed E-state index contributed by atoms with van der Waals surface area (Å²) >= 11 is 0. The zero-order valence-electron chi connectivity index (χ0n) is 14.9. The molecule has 0 saturated carbocycles. The molecule has 2 heterocycles. The van der Waals surface area contributed by atoms with Gasteiger partial charge in [-0.1, -0.05) is 18.2 Å². The SMILES string of the molecule is O=C(Nc1ccc2c(c1)OCCO2)c1cc(NCc2ccccc2F)ccn1. The second kappa shape index (κ2) is 7.96. The van der Waals surface area contributed by atoms with E-state index in [1.54, 1.807) is 48.5 Å². The van der Waals surface area contributed by atoms with E-state index in [0.717, 1.165) is 0 Å². The third-order valence-electron chi connectivity index (χ3n) is 4.23. The number of amides is 1. The van der Waals surface area contributed by atoms with Crippen LogP contribution in [0.3, 0.4) is 0 Å². The highest BCUT2D eigenvalue weighted by Gasteiger charge is 2.14. The summed E-state index contributed by atoms with van der Waals surface area (Å²) in [7, 11) is 0. The molecule has 0 spiro atoms. The first-order chi connectivity index (χ1) is 13.7. The molecule has 142 valence electrons. The molecule has 6 nitrogen and oxygen atoms in total. The van der Waals surface area contributed by atoms with Crippen LogP contribution in [0, 0.1) is 5.82 Å². The van der Waals surface area contributed by atoms with Crippen LogP contribution in [-0.2, 0) is 6.54 Å². The average Bonchev–Trinajstić information content (AvgIpc) is 2.73. The van der Waals surface area contributed by atoms with E-state index < -0.39 is 0 Å². The Hall–Kier alpha value is -3.61. The molecule has 0 bridgehead atoms. The molecule has 0 radical (unpaired) electrons. The van der Waals surface area contributed by atoms with Crippen LogP contribution in [0.4, 0.5) is 15.8 Å². The maximum absolute atomic E-state index is 13.7. The molecule has 0 unspecified atom stereocenters. The second-order valence-corrected chi connectivity index (χ2v) is 6.19. The Morgan fingerprint density at radius 3 is 2.68 bits per heavy atom. The first kappa shape index (κ1) is 17.8. The molecule has 0 aliphatic carbocycles. The monoisotopic (exact) mass is 379 g/mol. The number of benzene rings is 2. The van der Waals surface area contributed by atoms with Gasteiger partial charge in [-0.25, -0.2) is 4.39 Å². The van der Waals surface area contributed by atoms with E-state index >= 15 is 0 Å². The standard InChI is InChI=1S/C21H18FN3O3/c22-17-4-2-1-3-14(17)13-24-15-7-8-23-18(11-15)21(26)25-16-5-6-19-20(12-16)28-10-9-27-19/h1-8,11-12H,9-10,13H2,(H,23,24)(H,25,26). The number of aromatic nitrogens is 1. The molecule has 1 aliphatic heterocycles. The van der Waals surface area contributed by atoms with Crippen LogP contribution in [0.15, 0.2) is 60.8 Å². The van der Waals surface area contributed by atoms with Gasteiger partial charge in [-0.05, 0) is 30.3 Å². The van der Waals surface area contributed by atoms with E-state index in [2.05, 4.69) is 15.6 Å². The Labute approximate surface area is 161 Å². The summed E-state index contributed by atoms with van der Waals surface area (Å²) < 4.78 is 24.7. The lowest BCUT2D eigenvalue weighted by molar-refractivity contribution is 0.102. The van der Waals surface area contributed by atoms with Crippen molar-refractivity contribution in [1.82, 2.24) is 4.98 Å². The first-order valence-corrected chi connectivity index (χ1v) is 8.83. The topological polar surface area (TPSA) is 72.5 Å². The largest absolute Gasteiger partial charge is 0.486 e. The van der Waals surface area contributed by atoms with Crippen molar-refractivity contribution in [2.24, 2.45) is 0 Å². The zero-order valence-corrected chi connectivity index (χ0v) is 14.9. The number of rotatable bonds is 5. The summed E-state index contributed by atoms with van der Waals surface area (Å²) in [4.78, 5) is 16.6. The number of ether oxygens (including phenoxy) is 2. The highest BCUT2D eigenvalue weighted by molar-refractivity contribution is 6.03. The van der Waals surface area contributed by atoms with Crippen LogP contribution in [-0.4, -0.2) is 24.1 Å². The van der Waals surface area contributed by atoms with Crippen molar-refractivity contribution in [3.63, 3.8) is 0 Å². The van der Waals surface area contributed by atoms with Gasteiger partial charge in [0.1, 0.15) is 24.7 Å². The first-order valence-electron chi connectivity index (χ1n) is 8.83.